The standard InChI is InChI=1S/C15H21N3O2.ClH/c1-11(19)17-13-5-3-12(4-6-13)14(20)18-8-7-15(2,9-16)10-18;/h3-6H,7-10,16H2,1-2H3,(H,17,19);1H. The van der Waals surface area contributed by atoms with Gasteiger partial charge in [0.25, 0.3) is 5.91 Å². The van der Waals surface area contributed by atoms with Gasteiger partial charge in [0.1, 0.15) is 0 Å². The largest absolute Gasteiger partial charge is 0.338 e. The molecule has 6 heteroatoms. The van der Waals surface area contributed by atoms with Crippen LogP contribution in [0, 0.1) is 5.41 Å². The van der Waals surface area contributed by atoms with Gasteiger partial charge in [-0.05, 0) is 42.6 Å². The number of likely N-dealkylation sites (tertiary alicyclic amines) is 1. The van der Waals surface area contributed by atoms with E-state index in [9.17, 15) is 9.59 Å². The number of halogens is 1. The first-order chi connectivity index (χ1) is 9.43. The minimum atomic E-state index is -0.123. The van der Waals surface area contributed by atoms with E-state index in [1.807, 2.05) is 4.90 Å². The second-order valence-electron chi connectivity index (χ2n) is 5.75. The maximum atomic E-state index is 12.4. The molecule has 1 unspecified atom stereocenters. The molecule has 0 radical (unpaired) electrons. The SMILES string of the molecule is CC(=O)Nc1ccc(C(=O)N2CCC(C)(CN)C2)cc1.Cl. The van der Waals surface area contributed by atoms with Gasteiger partial charge >= 0.3 is 0 Å². The average Bonchev–Trinajstić information content (AvgIpc) is 2.82. The van der Waals surface area contributed by atoms with Crippen LogP contribution in [0.5, 0.6) is 0 Å². The monoisotopic (exact) mass is 311 g/mol. The maximum absolute atomic E-state index is 12.4. The lowest BCUT2D eigenvalue weighted by Crippen LogP contribution is -2.34. The van der Waals surface area contributed by atoms with Crippen LogP contribution >= 0.6 is 12.4 Å². The van der Waals surface area contributed by atoms with Gasteiger partial charge in [-0.3, -0.25) is 9.59 Å². The lowest BCUT2D eigenvalue weighted by atomic mass is 9.90. The van der Waals surface area contributed by atoms with Gasteiger partial charge in [-0.1, -0.05) is 6.92 Å². The van der Waals surface area contributed by atoms with E-state index in [2.05, 4.69) is 12.2 Å². The average molecular weight is 312 g/mol. The van der Waals surface area contributed by atoms with E-state index >= 15 is 0 Å². The van der Waals surface area contributed by atoms with Gasteiger partial charge in [0.05, 0.1) is 0 Å². The maximum Gasteiger partial charge on any atom is 0.253 e. The number of benzene rings is 1. The Morgan fingerprint density at radius 1 is 1.33 bits per heavy atom. The minimum absolute atomic E-state index is 0. The Labute approximate surface area is 131 Å². The molecule has 2 rings (SSSR count). The molecule has 1 fully saturated rings. The molecular formula is C15H22ClN3O2. The number of nitrogens with one attached hydrogen (secondary N) is 1. The molecule has 21 heavy (non-hydrogen) atoms. The lowest BCUT2D eigenvalue weighted by molar-refractivity contribution is -0.114. The fraction of sp³-hybridized carbons (Fsp3) is 0.467. The summed E-state index contributed by atoms with van der Waals surface area (Å²) < 4.78 is 0. The summed E-state index contributed by atoms with van der Waals surface area (Å²) in [6.45, 7) is 5.62. The summed E-state index contributed by atoms with van der Waals surface area (Å²) in [6.07, 6.45) is 0.944. The highest BCUT2D eigenvalue weighted by atomic mass is 35.5. The van der Waals surface area contributed by atoms with Crippen LogP contribution in [0.1, 0.15) is 30.6 Å². The summed E-state index contributed by atoms with van der Waals surface area (Å²) in [5, 5.41) is 2.68. The van der Waals surface area contributed by atoms with Gasteiger partial charge < -0.3 is 16.0 Å². The van der Waals surface area contributed by atoms with Crippen LogP contribution in [-0.2, 0) is 4.79 Å². The van der Waals surface area contributed by atoms with Crippen molar-refractivity contribution in [2.45, 2.75) is 20.3 Å². The van der Waals surface area contributed by atoms with Gasteiger partial charge in [0.2, 0.25) is 5.91 Å². The topological polar surface area (TPSA) is 75.4 Å². The molecule has 1 saturated heterocycles. The first-order valence-corrected chi connectivity index (χ1v) is 6.80. The van der Waals surface area contributed by atoms with E-state index in [0.717, 1.165) is 13.0 Å². The van der Waals surface area contributed by atoms with Gasteiger partial charge in [-0.15, -0.1) is 12.4 Å². The van der Waals surface area contributed by atoms with Crippen molar-refractivity contribution in [3.05, 3.63) is 29.8 Å². The number of nitrogens with two attached hydrogens (primary N) is 1. The highest BCUT2D eigenvalue weighted by Crippen LogP contribution is 2.29. The van der Waals surface area contributed by atoms with Crippen molar-refractivity contribution < 1.29 is 9.59 Å². The summed E-state index contributed by atoms with van der Waals surface area (Å²) in [5.41, 5.74) is 7.13. The smallest absolute Gasteiger partial charge is 0.253 e. The second-order valence-corrected chi connectivity index (χ2v) is 5.75. The number of rotatable bonds is 3. The summed E-state index contributed by atoms with van der Waals surface area (Å²) in [4.78, 5) is 25.2. The van der Waals surface area contributed by atoms with Gasteiger partial charge in [-0.2, -0.15) is 0 Å². The van der Waals surface area contributed by atoms with Gasteiger partial charge in [0.15, 0.2) is 0 Å². The summed E-state index contributed by atoms with van der Waals surface area (Å²) >= 11 is 0. The number of hydrogen-bond donors (Lipinski definition) is 2. The van der Waals surface area contributed by atoms with Crippen molar-refractivity contribution in [2.24, 2.45) is 11.1 Å². The lowest BCUT2D eigenvalue weighted by Gasteiger charge is -2.22. The summed E-state index contributed by atoms with van der Waals surface area (Å²) in [5.74, 6) is -0.0983. The normalized spacial score (nSPS) is 20.8. The van der Waals surface area contributed by atoms with Crippen molar-refractivity contribution in [3.8, 4) is 0 Å². The number of amides is 2. The Bertz CT molecular complexity index is 518. The van der Waals surface area contributed by atoms with Crippen molar-refractivity contribution >= 4 is 29.9 Å². The van der Waals surface area contributed by atoms with E-state index in [4.69, 9.17) is 5.73 Å². The molecule has 0 spiro atoms. The van der Waals surface area contributed by atoms with Crippen LogP contribution in [0.2, 0.25) is 0 Å². The Balaban J connectivity index is 0.00000220. The molecule has 2 amide bonds. The number of carbonyl (C=O) groups is 2. The van der Waals surface area contributed by atoms with E-state index in [0.29, 0.717) is 24.3 Å². The molecule has 1 atom stereocenters. The summed E-state index contributed by atoms with van der Waals surface area (Å²) in [6, 6.07) is 6.97. The van der Waals surface area contributed by atoms with Crippen molar-refractivity contribution in [2.75, 3.05) is 25.0 Å². The third-order valence-electron chi connectivity index (χ3n) is 3.79. The Morgan fingerprint density at radius 3 is 2.43 bits per heavy atom. The molecule has 1 aliphatic heterocycles. The number of carbonyl (C=O) groups excluding carboxylic acids is 2. The van der Waals surface area contributed by atoms with E-state index in [1.165, 1.54) is 6.92 Å². The molecule has 1 aromatic carbocycles. The summed E-state index contributed by atoms with van der Waals surface area (Å²) in [7, 11) is 0. The van der Waals surface area contributed by atoms with Crippen LogP contribution in [0.3, 0.4) is 0 Å². The third-order valence-corrected chi connectivity index (χ3v) is 3.79. The zero-order valence-electron chi connectivity index (χ0n) is 12.4. The molecule has 1 aromatic rings. The van der Waals surface area contributed by atoms with Crippen LogP contribution in [0.4, 0.5) is 5.69 Å². The number of hydrogen-bond acceptors (Lipinski definition) is 3. The molecule has 0 bridgehead atoms. The Morgan fingerprint density at radius 2 is 1.95 bits per heavy atom. The predicted octanol–water partition coefficient (Wildman–Crippen LogP) is 1.88. The fourth-order valence-corrected chi connectivity index (χ4v) is 2.45. The highest BCUT2D eigenvalue weighted by Gasteiger charge is 2.35. The molecule has 0 saturated carbocycles. The molecule has 5 nitrogen and oxygen atoms in total. The molecule has 0 aliphatic carbocycles. The van der Waals surface area contributed by atoms with Crippen molar-refractivity contribution in [1.29, 1.82) is 0 Å². The minimum Gasteiger partial charge on any atom is -0.338 e. The van der Waals surface area contributed by atoms with Crippen LogP contribution in [-0.4, -0.2) is 36.3 Å². The number of nitrogens with zero attached hydrogens (tertiary/aromatic N) is 1. The molecular weight excluding hydrogens is 290 g/mol. The number of anilines is 1. The van der Waals surface area contributed by atoms with Crippen molar-refractivity contribution in [1.82, 2.24) is 4.90 Å². The van der Waals surface area contributed by atoms with Crippen LogP contribution in [0.15, 0.2) is 24.3 Å². The first kappa shape index (κ1) is 17.5. The zero-order valence-corrected chi connectivity index (χ0v) is 13.2. The Kier molecular flexibility index (Phi) is 5.75. The van der Waals surface area contributed by atoms with E-state index in [-0.39, 0.29) is 29.6 Å². The second kappa shape index (κ2) is 6.91. The predicted molar refractivity (Wildman–Crippen MR) is 85.7 cm³/mol. The zero-order chi connectivity index (χ0) is 14.8. The Hall–Kier alpha value is -1.59. The molecule has 1 aliphatic rings. The molecule has 1 heterocycles. The molecule has 0 aromatic heterocycles. The highest BCUT2D eigenvalue weighted by molar-refractivity contribution is 5.95. The first-order valence-electron chi connectivity index (χ1n) is 6.80. The third kappa shape index (κ3) is 4.19. The van der Waals surface area contributed by atoms with Crippen molar-refractivity contribution in [3.63, 3.8) is 0 Å². The quantitative estimate of drug-likeness (QED) is 0.895. The molecule has 116 valence electrons. The fourth-order valence-electron chi connectivity index (χ4n) is 2.45. The van der Waals surface area contributed by atoms with E-state index in [1.54, 1.807) is 24.3 Å². The van der Waals surface area contributed by atoms with Crippen LogP contribution in [0.25, 0.3) is 0 Å². The van der Waals surface area contributed by atoms with Crippen LogP contribution < -0.4 is 11.1 Å². The molecule has 3 N–H and O–H groups in total. The van der Waals surface area contributed by atoms with Gasteiger partial charge in [0, 0.05) is 31.3 Å². The van der Waals surface area contributed by atoms with Gasteiger partial charge in [-0.25, -0.2) is 0 Å². The van der Waals surface area contributed by atoms with E-state index < -0.39 is 0 Å².